The van der Waals surface area contributed by atoms with Crippen LogP contribution in [0, 0.1) is 0 Å². The van der Waals surface area contributed by atoms with Crippen molar-refractivity contribution in [2.45, 2.75) is 12.1 Å². The maximum Gasteiger partial charge on any atom is 0.316 e. The Morgan fingerprint density at radius 1 is 1.24 bits per heavy atom. The second kappa shape index (κ2) is 6.56. The van der Waals surface area contributed by atoms with E-state index in [0.29, 0.717) is 29.0 Å². The van der Waals surface area contributed by atoms with Crippen molar-refractivity contribution in [2.24, 2.45) is 0 Å². The molecule has 1 aromatic carbocycles. The van der Waals surface area contributed by atoms with Gasteiger partial charge in [-0.05, 0) is 31.2 Å². The van der Waals surface area contributed by atoms with Crippen molar-refractivity contribution >= 4 is 34.3 Å². The van der Waals surface area contributed by atoms with Gasteiger partial charge in [-0.3, -0.25) is 9.20 Å². The smallest absolute Gasteiger partial charge is 0.316 e. The summed E-state index contributed by atoms with van der Waals surface area (Å²) in [4.78, 5) is 16.4. The quantitative estimate of drug-likeness (QED) is 0.402. The molecule has 4 rings (SSSR count). The van der Waals surface area contributed by atoms with Crippen LogP contribution in [0.25, 0.3) is 28.1 Å². The van der Waals surface area contributed by atoms with Crippen LogP contribution in [0.5, 0.6) is 0 Å². The van der Waals surface area contributed by atoms with Crippen molar-refractivity contribution in [1.29, 1.82) is 0 Å². The number of carbonyl (C=O) groups excluding carboxylic acids is 1. The van der Waals surface area contributed by atoms with Crippen LogP contribution in [0.15, 0.2) is 52.2 Å². The number of benzene rings is 1. The zero-order chi connectivity index (χ0) is 17.2. The molecule has 3 heterocycles. The molecule has 0 aliphatic heterocycles. The van der Waals surface area contributed by atoms with Gasteiger partial charge in [-0.15, -0.1) is 10.2 Å². The zero-order valence-electron chi connectivity index (χ0n) is 13.4. The topological polar surface area (TPSA) is 82.5 Å². The summed E-state index contributed by atoms with van der Waals surface area (Å²) in [6, 6.07) is 11.3. The molecule has 0 saturated heterocycles. The minimum absolute atomic E-state index is 0.152. The number of rotatable bonds is 5. The molecular formula is C17H14N4O3S. The van der Waals surface area contributed by atoms with Gasteiger partial charge in [-0.25, -0.2) is 4.98 Å². The number of hydrogen-bond acceptors (Lipinski definition) is 7. The van der Waals surface area contributed by atoms with Crippen LogP contribution in [-0.4, -0.2) is 37.9 Å². The predicted molar refractivity (Wildman–Crippen MR) is 93.3 cm³/mol. The second-order valence-electron chi connectivity index (χ2n) is 5.17. The van der Waals surface area contributed by atoms with Gasteiger partial charge in [0, 0.05) is 5.39 Å². The van der Waals surface area contributed by atoms with Gasteiger partial charge in [-0.2, -0.15) is 0 Å². The van der Waals surface area contributed by atoms with Crippen LogP contribution < -0.4 is 0 Å². The number of para-hydroxylation sites is 1. The molecule has 0 N–H and O–H groups in total. The standard InChI is InChI=1S/C17H14N4O3S/c1-2-23-14(22)10-25-17-20-19-15-11-6-3-4-7-12(11)18-16(21(15)17)13-8-5-9-24-13/h3-9H,2,10H2,1H3. The largest absolute Gasteiger partial charge is 0.465 e. The molecule has 8 heteroatoms. The molecule has 0 saturated carbocycles. The van der Waals surface area contributed by atoms with E-state index in [1.54, 1.807) is 19.3 Å². The third kappa shape index (κ3) is 2.85. The summed E-state index contributed by atoms with van der Waals surface area (Å²) >= 11 is 1.26. The van der Waals surface area contributed by atoms with E-state index >= 15 is 0 Å². The molecule has 25 heavy (non-hydrogen) atoms. The lowest BCUT2D eigenvalue weighted by molar-refractivity contribution is -0.139. The fourth-order valence-corrected chi connectivity index (χ4v) is 3.28. The van der Waals surface area contributed by atoms with Gasteiger partial charge < -0.3 is 9.15 Å². The lowest BCUT2D eigenvalue weighted by Gasteiger charge is -2.07. The molecule has 0 atom stereocenters. The van der Waals surface area contributed by atoms with Crippen molar-refractivity contribution in [3.8, 4) is 11.6 Å². The Morgan fingerprint density at radius 3 is 2.92 bits per heavy atom. The van der Waals surface area contributed by atoms with Gasteiger partial charge in [-0.1, -0.05) is 23.9 Å². The van der Waals surface area contributed by atoms with Gasteiger partial charge in [0.1, 0.15) is 0 Å². The molecule has 126 valence electrons. The number of aromatic nitrogens is 4. The Hall–Kier alpha value is -2.87. The number of esters is 1. The Balaban J connectivity index is 1.87. The summed E-state index contributed by atoms with van der Waals surface area (Å²) in [7, 11) is 0. The Labute approximate surface area is 147 Å². The summed E-state index contributed by atoms with van der Waals surface area (Å²) in [6.07, 6.45) is 1.59. The van der Waals surface area contributed by atoms with Crippen LogP contribution in [-0.2, 0) is 9.53 Å². The highest BCUT2D eigenvalue weighted by atomic mass is 32.2. The number of nitrogens with zero attached hydrogens (tertiary/aromatic N) is 4. The van der Waals surface area contributed by atoms with Crippen LogP contribution in [0.2, 0.25) is 0 Å². The highest BCUT2D eigenvalue weighted by molar-refractivity contribution is 7.99. The van der Waals surface area contributed by atoms with E-state index in [2.05, 4.69) is 10.2 Å². The molecule has 0 aliphatic carbocycles. The van der Waals surface area contributed by atoms with Gasteiger partial charge in [0.2, 0.25) is 0 Å². The highest BCUT2D eigenvalue weighted by Crippen LogP contribution is 2.29. The van der Waals surface area contributed by atoms with E-state index in [0.717, 1.165) is 10.9 Å². The molecule has 0 amide bonds. The van der Waals surface area contributed by atoms with Crippen LogP contribution >= 0.6 is 11.8 Å². The normalized spacial score (nSPS) is 11.2. The van der Waals surface area contributed by atoms with Crippen LogP contribution in [0.4, 0.5) is 0 Å². The minimum Gasteiger partial charge on any atom is -0.465 e. The van der Waals surface area contributed by atoms with E-state index in [1.807, 2.05) is 34.7 Å². The molecule has 0 fully saturated rings. The first kappa shape index (κ1) is 15.6. The number of carbonyl (C=O) groups is 1. The average molecular weight is 354 g/mol. The van der Waals surface area contributed by atoms with E-state index in [9.17, 15) is 4.79 Å². The maximum absolute atomic E-state index is 11.7. The minimum atomic E-state index is -0.294. The van der Waals surface area contributed by atoms with Crippen LogP contribution in [0.3, 0.4) is 0 Å². The van der Waals surface area contributed by atoms with Gasteiger partial charge in [0.25, 0.3) is 0 Å². The number of hydrogen-bond donors (Lipinski definition) is 0. The van der Waals surface area contributed by atoms with Crippen molar-refractivity contribution in [3.05, 3.63) is 42.7 Å². The molecule has 7 nitrogen and oxygen atoms in total. The summed E-state index contributed by atoms with van der Waals surface area (Å²) in [6.45, 7) is 2.13. The molecule has 0 bridgehead atoms. The Bertz CT molecular complexity index is 1040. The number of thioether (sulfide) groups is 1. The lowest BCUT2D eigenvalue weighted by Crippen LogP contribution is -2.07. The number of furan rings is 1. The number of ether oxygens (including phenoxy) is 1. The van der Waals surface area contributed by atoms with E-state index in [4.69, 9.17) is 14.1 Å². The third-order valence-corrected chi connectivity index (χ3v) is 4.48. The molecule has 0 unspecified atom stereocenters. The molecule has 0 spiro atoms. The monoisotopic (exact) mass is 354 g/mol. The predicted octanol–water partition coefficient (Wildman–Crippen LogP) is 3.19. The van der Waals surface area contributed by atoms with Crippen molar-refractivity contribution < 1.29 is 13.9 Å². The summed E-state index contributed by atoms with van der Waals surface area (Å²) < 4.78 is 12.3. The maximum atomic E-state index is 11.7. The van der Waals surface area contributed by atoms with E-state index in [1.165, 1.54) is 11.8 Å². The number of fused-ring (bicyclic) bond motifs is 3. The summed E-state index contributed by atoms with van der Waals surface area (Å²) in [5, 5.41) is 9.98. The summed E-state index contributed by atoms with van der Waals surface area (Å²) in [5.74, 6) is 1.06. The van der Waals surface area contributed by atoms with E-state index < -0.39 is 0 Å². The highest BCUT2D eigenvalue weighted by Gasteiger charge is 2.18. The molecule has 3 aromatic heterocycles. The Kier molecular flexibility index (Phi) is 4.10. The van der Waals surface area contributed by atoms with Crippen molar-refractivity contribution in [3.63, 3.8) is 0 Å². The zero-order valence-corrected chi connectivity index (χ0v) is 14.2. The van der Waals surface area contributed by atoms with E-state index in [-0.39, 0.29) is 11.7 Å². The summed E-state index contributed by atoms with van der Waals surface area (Å²) in [5.41, 5.74) is 1.47. The van der Waals surface area contributed by atoms with Gasteiger partial charge in [0.05, 0.1) is 24.1 Å². The van der Waals surface area contributed by atoms with Crippen molar-refractivity contribution in [2.75, 3.05) is 12.4 Å². The molecule has 0 aliphatic rings. The molecule has 0 radical (unpaired) electrons. The first-order chi connectivity index (χ1) is 12.3. The second-order valence-corrected chi connectivity index (χ2v) is 6.11. The third-order valence-electron chi connectivity index (χ3n) is 3.58. The fraction of sp³-hybridized carbons (Fsp3) is 0.176. The fourth-order valence-electron chi connectivity index (χ4n) is 2.55. The lowest BCUT2D eigenvalue weighted by atomic mass is 10.2. The van der Waals surface area contributed by atoms with Gasteiger partial charge >= 0.3 is 5.97 Å². The first-order valence-corrected chi connectivity index (χ1v) is 8.72. The van der Waals surface area contributed by atoms with Crippen molar-refractivity contribution in [1.82, 2.24) is 19.6 Å². The molecular weight excluding hydrogens is 340 g/mol. The average Bonchev–Trinajstić information content (AvgIpc) is 3.30. The Morgan fingerprint density at radius 2 is 2.12 bits per heavy atom. The van der Waals surface area contributed by atoms with Gasteiger partial charge in [0.15, 0.2) is 22.4 Å². The molecule has 4 aromatic rings. The SMILES string of the molecule is CCOC(=O)CSc1nnc2c3ccccc3nc(-c3ccco3)n12. The first-order valence-electron chi connectivity index (χ1n) is 7.74. The van der Waals surface area contributed by atoms with Crippen LogP contribution in [0.1, 0.15) is 6.92 Å².